The van der Waals surface area contributed by atoms with Gasteiger partial charge in [-0.1, -0.05) is 0 Å². The average Bonchev–Trinajstić information content (AvgIpc) is 3.41. The van der Waals surface area contributed by atoms with Crippen LogP contribution in [0, 0.1) is 10.8 Å². The van der Waals surface area contributed by atoms with Crippen LogP contribution in [0.15, 0.2) is 6.20 Å². The summed E-state index contributed by atoms with van der Waals surface area (Å²) in [6, 6.07) is 0. The Morgan fingerprint density at radius 3 is 2.41 bits per heavy atom. The molecule has 2 aliphatic carbocycles. The first kappa shape index (κ1) is 17.3. The maximum absolute atomic E-state index is 13.3. The summed E-state index contributed by atoms with van der Waals surface area (Å²) in [6.07, 6.45) is 11.0. The summed E-state index contributed by atoms with van der Waals surface area (Å²) in [7, 11) is 0. The van der Waals surface area contributed by atoms with E-state index in [1.807, 2.05) is 11.1 Å². The minimum Gasteiger partial charge on any atom is -0.481 e. The highest BCUT2D eigenvalue weighted by molar-refractivity contribution is 5.87. The van der Waals surface area contributed by atoms with Gasteiger partial charge >= 0.3 is 5.97 Å². The number of likely N-dealkylation sites (tertiary alicyclic amines) is 1. The molecule has 3 fully saturated rings. The number of piperidine rings is 1. The van der Waals surface area contributed by atoms with E-state index in [9.17, 15) is 14.7 Å². The first-order chi connectivity index (χ1) is 13.0. The molecule has 0 radical (unpaired) electrons. The van der Waals surface area contributed by atoms with Crippen molar-refractivity contribution in [3.63, 3.8) is 0 Å². The highest BCUT2D eigenvalue weighted by Crippen LogP contribution is 2.62. The van der Waals surface area contributed by atoms with Crippen LogP contribution in [0.5, 0.6) is 0 Å². The Morgan fingerprint density at radius 2 is 1.74 bits per heavy atom. The third-order valence-electron chi connectivity index (χ3n) is 7.93. The second-order valence-corrected chi connectivity index (χ2v) is 9.33. The zero-order chi connectivity index (χ0) is 18.6. The third-order valence-corrected chi connectivity index (χ3v) is 7.93. The van der Waals surface area contributed by atoms with Gasteiger partial charge in [-0.3, -0.25) is 9.59 Å². The zero-order valence-corrected chi connectivity index (χ0v) is 16.0. The fourth-order valence-corrected chi connectivity index (χ4v) is 6.25. The Morgan fingerprint density at radius 1 is 1.04 bits per heavy atom. The molecule has 0 atom stereocenters. The normalized spacial score (nSPS) is 33.3. The lowest BCUT2D eigenvalue weighted by Crippen LogP contribution is -2.45. The molecule has 2 bridgehead atoms. The smallest absolute Gasteiger partial charge is 0.309 e. The number of carbonyl (C=O) groups is 2. The van der Waals surface area contributed by atoms with Crippen LogP contribution in [0.2, 0.25) is 0 Å². The number of fused-ring (bicyclic) bond motifs is 3. The van der Waals surface area contributed by atoms with E-state index < -0.39 is 16.8 Å². The van der Waals surface area contributed by atoms with Crippen molar-refractivity contribution < 1.29 is 14.7 Å². The molecule has 1 saturated heterocycles. The topological polar surface area (TPSA) is 75.4 Å². The van der Waals surface area contributed by atoms with Crippen molar-refractivity contribution in [3.05, 3.63) is 17.7 Å². The van der Waals surface area contributed by atoms with Gasteiger partial charge in [-0.25, -0.2) is 4.98 Å². The number of hydrogen-bond donors (Lipinski definition) is 1. The molecule has 0 unspecified atom stereocenters. The molecule has 1 aromatic rings. The summed E-state index contributed by atoms with van der Waals surface area (Å²) in [5.41, 5.74) is 0.358. The number of hydrogen-bond acceptors (Lipinski definition) is 3. The van der Waals surface area contributed by atoms with E-state index >= 15 is 0 Å². The average molecular weight is 371 g/mol. The fraction of sp³-hybridized carbons (Fsp3) is 0.762. The first-order valence-corrected chi connectivity index (χ1v) is 10.6. The van der Waals surface area contributed by atoms with Gasteiger partial charge in [0.25, 0.3) is 0 Å². The number of carboxylic acid groups (broad SMARTS) is 1. The van der Waals surface area contributed by atoms with Gasteiger partial charge in [-0.05, 0) is 64.2 Å². The molecule has 5 rings (SSSR count). The van der Waals surface area contributed by atoms with Crippen LogP contribution >= 0.6 is 0 Å². The Balaban J connectivity index is 1.26. The molecule has 0 aromatic carbocycles. The molecular weight excluding hydrogens is 342 g/mol. The molecular formula is C21H29N3O3. The number of carboxylic acids is 1. The Hall–Kier alpha value is -1.85. The van der Waals surface area contributed by atoms with E-state index in [1.165, 1.54) is 24.4 Å². The van der Waals surface area contributed by atoms with Gasteiger partial charge in [0.2, 0.25) is 5.91 Å². The van der Waals surface area contributed by atoms with Crippen molar-refractivity contribution in [2.75, 3.05) is 13.1 Å². The molecule has 1 aromatic heterocycles. The minimum atomic E-state index is -0.697. The minimum absolute atomic E-state index is 0.228. The third kappa shape index (κ3) is 2.55. The van der Waals surface area contributed by atoms with Crippen molar-refractivity contribution in [2.24, 2.45) is 10.8 Å². The molecule has 1 N–H and O–H groups in total. The lowest BCUT2D eigenvalue weighted by Gasteiger charge is -2.37. The quantitative estimate of drug-likeness (QED) is 0.886. The summed E-state index contributed by atoms with van der Waals surface area (Å²) in [4.78, 5) is 31.7. The van der Waals surface area contributed by atoms with Crippen LogP contribution in [0.1, 0.15) is 75.2 Å². The van der Waals surface area contributed by atoms with Gasteiger partial charge in [0, 0.05) is 37.4 Å². The number of aromatic nitrogens is 2. The molecule has 6 nitrogen and oxygen atoms in total. The summed E-state index contributed by atoms with van der Waals surface area (Å²) < 4.78 is 2.42. The number of aryl methyl sites for hydroxylation is 1. The van der Waals surface area contributed by atoms with Crippen LogP contribution < -0.4 is 0 Å². The molecule has 0 spiro atoms. The summed E-state index contributed by atoms with van der Waals surface area (Å²) in [6.45, 7) is 2.66. The van der Waals surface area contributed by atoms with Crippen molar-refractivity contribution in [1.82, 2.24) is 14.5 Å². The Kier molecular flexibility index (Phi) is 3.89. The SMILES string of the molecule is O=C(O)C12CCC(C(=O)N3CCC(c4ncc5n4CCCC5)CC3)(CC1)C2. The maximum Gasteiger partial charge on any atom is 0.309 e. The van der Waals surface area contributed by atoms with Crippen molar-refractivity contribution >= 4 is 11.9 Å². The van der Waals surface area contributed by atoms with Gasteiger partial charge in [-0.15, -0.1) is 0 Å². The summed E-state index contributed by atoms with van der Waals surface area (Å²) >= 11 is 0. The van der Waals surface area contributed by atoms with E-state index in [2.05, 4.69) is 4.57 Å². The predicted molar refractivity (Wildman–Crippen MR) is 99.3 cm³/mol. The first-order valence-electron chi connectivity index (χ1n) is 10.6. The highest BCUT2D eigenvalue weighted by atomic mass is 16.4. The number of imidazole rings is 1. The van der Waals surface area contributed by atoms with Crippen molar-refractivity contribution in [3.8, 4) is 0 Å². The largest absolute Gasteiger partial charge is 0.481 e. The lowest BCUT2D eigenvalue weighted by atomic mass is 9.80. The van der Waals surface area contributed by atoms with E-state index in [0.717, 1.165) is 51.7 Å². The fourth-order valence-electron chi connectivity index (χ4n) is 6.25. The van der Waals surface area contributed by atoms with Gasteiger partial charge in [-0.2, -0.15) is 0 Å². The van der Waals surface area contributed by atoms with Crippen LogP contribution in [0.25, 0.3) is 0 Å². The van der Waals surface area contributed by atoms with Gasteiger partial charge in [0.15, 0.2) is 0 Å². The molecule has 146 valence electrons. The van der Waals surface area contributed by atoms with Crippen molar-refractivity contribution in [1.29, 1.82) is 0 Å². The number of amides is 1. The van der Waals surface area contributed by atoms with Gasteiger partial charge < -0.3 is 14.6 Å². The molecule has 4 aliphatic rings. The van der Waals surface area contributed by atoms with Crippen LogP contribution in [0.3, 0.4) is 0 Å². The number of nitrogens with zero attached hydrogens (tertiary/aromatic N) is 3. The van der Waals surface area contributed by atoms with Gasteiger partial charge in [0.05, 0.1) is 10.8 Å². The van der Waals surface area contributed by atoms with E-state index in [-0.39, 0.29) is 5.91 Å². The number of carbonyl (C=O) groups excluding carboxylic acids is 1. The zero-order valence-electron chi connectivity index (χ0n) is 16.0. The molecule has 27 heavy (non-hydrogen) atoms. The van der Waals surface area contributed by atoms with Crippen LogP contribution in [-0.2, 0) is 22.6 Å². The second kappa shape index (κ2) is 6.08. The van der Waals surface area contributed by atoms with Gasteiger partial charge in [0.1, 0.15) is 5.82 Å². The number of aliphatic carboxylic acids is 1. The lowest BCUT2D eigenvalue weighted by molar-refractivity contribution is -0.148. The monoisotopic (exact) mass is 371 g/mol. The molecule has 1 amide bonds. The molecule has 2 aliphatic heterocycles. The van der Waals surface area contributed by atoms with E-state index in [1.54, 1.807) is 0 Å². The Labute approximate surface area is 159 Å². The second-order valence-electron chi connectivity index (χ2n) is 9.33. The van der Waals surface area contributed by atoms with E-state index in [0.29, 0.717) is 25.2 Å². The highest BCUT2D eigenvalue weighted by Gasteiger charge is 2.62. The number of rotatable bonds is 3. The molecule has 6 heteroatoms. The molecule has 2 saturated carbocycles. The van der Waals surface area contributed by atoms with Crippen LogP contribution in [-0.4, -0.2) is 44.5 Å². The summed E-state index contributed by atoms with van der Waals surface area (Å²) in [5.74, 6) is 1.20. The Bertz CT molecular complexity index is 768. The standard InChI is InChI=1S/C21H29N3O3/c25-18(20-6-8-21(14-20,9-7-20)19(26)27)23-11-4-15(5-12-23)17-22-13-16-3-1-2-10-24(16)17/h13,15H,1-12,14H2,(H,26,27). The summed E-state index contributed by atoms with van der Waals surface area (Å²) in [5, 5.41) is 9.60. The van der Waals surface area contributed by atoms with Crippen LogP contribution in [0.4, 0.5) is 0 Å². The van der Waals surface area contributed by atoms with E-state index in [4.69, 9.17) is 4.98 Å². The molecule has 3 heterocycles. The van der Waals surface area contributed by atoms with Crippen molar-refractivity contribution in [2.45, 2.75) is 76.7 Å². The maximum atomic E-state index is 13.3. The predicted octanol–water partition coefficient (Wildman–Crippen LogP) is 2.96.